The highest BCUT2D eigenvalue weighted by molar-refractivity contribution is 6.38. The van der Waals surface area contributed by atoms with Crippen molar-refractivity contribution < 1.29 is 10.2 Å². The predicted molar refractivity (Wildman–Crippen MR) is 62.6 cm³/mol. The van der Waals surface area contributed by atoms with E-state index in [0.29, 0.717) is 5.56 Å². The molecule has 15 heavy (non-hydrogen) atoms. The molecule has 0 spiro atoms. The van der Waals surface area contributed by atoms with Crippen molar-refractivity contribution in [2.75, 3.05) is 11.6 Å². The number of rotatable bonds is 3. The fourth-order valence-electron chi connectivity index (χ4n) is 1.08. The summed E-state index contributed by atoms with van der Waals surface area (Å²) >= 11 is 17.0. The first-order valence-electron chi connectivity index (χ1n) is 4.14. The Bertz CT molecular complexity index is 336. The summed E-state index contributed by atoms with van der Waals surface area (Å²) in [5, 5.41) is 19.4. The predicted octanol–water partition coefficient (Wildman–Crippen LogP) is 2.21. The topological polar surface area (TPSA) is 66.5 Å². The summed E-state index contributed by atoms with van der Waals surface area (Å²) in [5.41, 5.74) is 6.15. The van der Waals surface area contributed by atoms with Gasteiger partial charge < -0.3 is 15.9 Å². The second-order valence-corrected chi connectivity index (χ2v) is 4.19. The summed E-state index contributed by atoms with van der Waals surface area (Å²) in [4.78, 5) is 0. The van der Waals surface area contributed by atoms with Crippen LogP contribution in [-0.4, -0.2) is 22.2 Å². The molecule has 0 saturated heterocycles. The van der Waals surface area contributed by atoms with Gasteiger partial charge in [0.15, 0.2) is 0 Å². The molecule has 0 radical (unpaired) electrons. The fraction of sp³-hybridized carbons (Fsp3) is 0.333. The van der Waals surface area contributed by atoms with Gasteiger partial charge in [-0.1, -0.05) is 23.2 Å². The molecule has 0 aromatic heterocycles. The third-order valence-corrected chi connectivity index (χ3v) is 2.91. The van der Waals surface area contributed by atoms with E-state index < -0.39 is 12.2 Å². The average molecular weight is 271 g/mol. The van der Waals surface area contributed by atoms with Crippen LogP contribution in [-0.2, 0) is 0 Å². The molecule has 2 unspecified atom stereocenters. The number of aliphatic hydroxyl groups excluding tert-OH is 2. The number of nitrogen functional groups attached to an aromatic ring is 1. The minimum Gasteiger partial charge on any atom is -0.396 e. The van der Waals surface area contributed by atoms with Gasteiger partial charge in [-0.2, -0.15) is 0 Å². The van der Waals surface area contributed by atoms with Crippen molar-refractivity contribution in [2.45, 2.75) is 12.2 Å². The highest BCUT2D eigenvalue weighted by Gasteiger charge is 2.19. The molecular formula is C9H10Cl3NO2. The lowest BCUT2D eigenvalue weighted by Crippen LogP contribution is -2.19. The molecule has 2 atom stereocenters. The van der Waals surface area contributed by atoms with Gasteiger partial charge in [-0.15, -0.1) is 11.6 Å². The molecule has 6 heteroatoms. The van der Waals surface area contributed by atoms with Crippen molar-refractivity contribution in [3.05, 3.63) is 27.7 Å². The van der Waals surface area contributed by atoms with Gasteiger partial charge in [0.2, 0.25) is 0 Å². The molecule has 4 N–H and O–H groups in total. The molecule has 0 fully saturated rings. The van der Waals surface area contributed by atoms with Crippen LogP contribution in [0.2, 0.25) is 10.0 Å². The van der Waals surface area contributed by atoms with Crippen molar-refractivity contribution in [1.82, 2.24) is 0 Å². The van der Waals surface area contributed by atoms with Crippen LogP contribution in [0, 0.1) is 0 Å². The minimum atomic E-state index is -1.13. The van der Waals surface area contributed by atoms with Crippen molar-refractivity contribution in [1.29, 1.82) is 0 Å². The number of halogens is 3. The van der Waals surface area contributed by atoms with Gasteiger partial charge in [-0.25, -0.2) is 0 Å². The van der Waals surface area contributed by atoms with Crippen molar-refractivity contribution in [3.8, 4) is 0 Å². The second kappa shape index (κ2) is 5.23. The van der Waals surface area contributed by atoms with Gasteiger partial charge in [0.25, 0.3) is 0 Å². The average Bonchev–Trinajstić information content (AvgIpc) is 2.23. The van der Waals surface area contributed by atoms with Crippen LogP contribution in [0.4, 0.5) is 5.69 Å². The van der Waals surface area contributed by atoms with Gasteiger partial charge in [0, 0.05) is 0 Å². The van der Waals surface area contributed by atoms with E-state index in [4.69, 9.17) is 40.5 Å². The molecule has 1 aromatic rings. The number of aliphatic hydroxyl groups is 2. The number of benzene rings is 1. The van der Waals surface area contributed by atoms with E-state index in [1.165, 1.54) is 12.1 Å². The number of anilines is 1. The third-order valence-electron chi connectivity index (χ3n) is 1.97. The van der Waals surface area contributed by atoms with Gasteiger partial charge in [0.1, 0.15) is 6.10 Å². The molecule has 0 aliphatic heterocycles. The Morgan fingerprint density at radius 1 is 1.20 bits per heavy atom. The monoisotopic (exact) mass is 269 g/mol. The highest BCUT2D eigenvalue weighted by atomic mass is 35.5. The molecule has 0 aliphatic carbocycles. The lowest BCUT2D eigenvalue weighted by atomic mass is 10.1. The minimum absolute atomic E-state index is 0.0826. The molecule has 0 aliphatic rings. The fourth-order valence-corrected chi connectivity index (χ4v) is 1.75. The summed E-state index contributed by atoms with van der Waals surface area (Å²) in [6, 6.07) is 2.90. The zero-order chi connectivity index (χ0) is 11.6. The maximum absolute atomic E-state index is 9.64. The van der Waals surface area contributed by atoms with Crippen LogP contribution in [0.25, 0.3) is 0 Å². The molecule has 1 rings (SSSR count). The molecule has 84 valence electrons. The normalized spacial score (nSPS) is 15.0. The van der Waals surface area contributed by atoms with Gasteiger partial charge in [-0.05, 0) is 17.7 Å². The van der Waals surface area contributed by atoms with Crippen molar-refractivity contribution in [3.63, 3.8) is 0 Å². The highest BCUT2D eigenvalue weighted by Crippen LogP contribution is 2.32. The SMILES string of the molecule is Nc1c(Cl)cc(C(O)C(O)CCl)cc1Cl. The van der Waals surface area contributed by atoms with E-state index in [1.807, 2.05) is 0 Å². The summed E-state index contributed by atoms with van der Waals surface area (Å²) in [6.07, 6.45) is -2.19. The van der Waals surface area contributed by atoms with E-state index in [-0.39, 0.29) is 21.6 Å². The van der Waals surface area contributed by atoms with E-state index in [0.717, 1.165) is 0 Å². The van der Waals surface area contributed by atoms with E-state index in [2.05, 4.69) is 0 Å². The smallest absolute Gasteiger partial charge is 0.106 e. The van der Waals surface area contributed by atoms with Gasteiger partial charge in [-0.3, -0.25) is 0 Å². The molecule has 0 amide bonds. The van der Waals surface area contributed by atoms with E-state index >= 15 is 0 Å². The quantitative estimate of drug-likeness (QED) is 0.583. The molecule has 1 aromatic carbocycles. The number of nitrogens with two attached hydrogens (primary N) is 1. The van der Waals surface area contributed by atoms with Crippen LogP contribution >= 0.6 is 34.8 Å². The summed E-state index contributed by atoms with van der Waals surface area (Å²) in [5.74, 6) is -0.0826. The summed E-state index contributed by atoms with van der Waals surface area (Å²) in [7, 11) is 0. The summed E-state index contributed by atoms with van der Waals surface area (Å²) < 4.78 is 0. The number of alkyl halides is 1. The molecule has 3 nitrogen and oxygen atoms in total. The first kappa shape index (κ1) is 12.9. The molecule has 0 bridgehead atoms. The Kier molecular flexibility index (Phi) is 4.49. The van der Waals surface area contributed by atoms with E-state index in [9.17, 15) is 10.2 Å². The number of hydrogen-bond acceptors (Lipinski definition) is 3. The Labute approximate surface area is 102 Å². The first-order valence-corrected chi connectivity index (χ1v) is 5.43. The van der Waals surface area contributed by atoms with Crippen LogP contribution in [0.5, 0.6) is 0 Å². The van der Waals surface area contributed by atoms with Crippen LogP contribution in [0.1, 0.15) is 11.7 Å². The van der Waals surface area contributed by atoms with Gasteiger partial charge >= 0.3 is 0 Å². The molecule has 0 saturated carbocycles. The van der Waals surface area contributed by atoms with Crippen LogP contribution < -0.4 is 5.73 Å². The zero-order valence-electron chi connectivity index (χ0n) is 7.62. The largest absolute Gasteiger partial charge is 0.396 e. The van der Waals surface area contributed by atoms with Crippen molar-refractivity contribution >= 4 is 40.5 Å². The van der Waals surface area contributed by atoms with Crippen LogP contribution in [0.15, 0.2) is 12.1 Å². The Morgan fingerprint density at radius 3 is 2.07 bits per heavy atom. The molecular weight excluding hydrogens is 260 g/mol. The maximum Gasteiger partial charge on any atom is 0.106 e. The molecule has 0 heterocycles. The lowest BCUT2D eigenvalue weighted by molar-refractivity contribution is 0.0327. The van der Waals surface area contributed by atoms with Crippen LogP contribution in [0.3, 0.4) is 0 Å². The summed E-state index contributed by atoms with van der Waals surface area (Å²) in [6.45, 7) is 0. The van der Waals surface area contributed by atoms with E-state index in [1.54, 1.807) is 0 Å². The lowest BCUT2D eigenvalue weighted by Gasteiger charge is -2.16. The van der Waals surface area contributed by atoms with Gasteiger partial charge in [0.05, 0.1) is 27.7 Å². The second-order valence-electron chi connectivity index (χ2n) is 3.06. The zero-order valence-corrected chi connectivity index (χ0v) is 9.89. The standard InChI is InChI=1S/C9H10Cl3NO2/c10-3-7(14)9(15)4-1-5(11)8(13)6(12)2-4/h1-2,7,9,14-15H,3,13H2. The third kappa shape index (κ3) is 2.89. The Balaban J connectivity index is 3.06. The Morgan fingerprint density at radius 2 is 1.67 bits per heavy atom. The number of hydrogen-bond donors (Lipinski definition) is 3. The first-order chi connectivity index (χ1) is 6.97. The Hall–Kier alpha value is -0.190. The maximum atomic E-state index is 9.64. The van der Waals surface area contributed by atoms with Crippen molar-refractivity contribution in [2.24, 2.45) is 0 Å².